The molecule has 0 aliphatic heterocycles. The third-order valence-corrected chi connectivity index (χ3v) is 5.05. The Morgan fingerprint density at radius 1 is 1.38 bits per heavy atom. The second-order valence-electron chi connectivity index (χ2n) is 6.19. The molecule has 1 aliphatic rings. The molecular weight excluding hydrogens is 322 g/mol. The number of carbonyl (C=O) groups excluding carboxylic acids is 1. The van der Waals surface area contributed by atoms with Gasteiger partial charge in [-0.05, 0) is 60.7 Å². The molecule has 1 fully saturated rings. The van der Waals surface area contributed by atoms with Gasteiger partial charge in [-0.1, -0.05) is 37.2 Å². The van der Waals surface area contributed by atoms with E-state index in [1.165, 1.54) is 30.2 Å². The van der Waals surface area contributed by atoms with E-state index in [9.17, 15) is 4.79 Å². The molecule has 1 heterocycles. The molecule has 0 bridgehead atoms. The van der Waals surface area contributed by atoms with E-state index in [1.54, 1.807) is 4.68 Å². The van der Waals surface area contributed by atoms with Crippen LogP contribution < -0.4 is 5.32 Å². The van der Waals surface area contributed by atoms with Gasteiger partial charge in [0.1, 0.15) is 0 Å². The van der Waals surface area contributed by atoms with Crippen LogP contribution >= 0.6 is 11.8 Å². The van der Waals surface area contributed by atoms with Crippen molar-refractivity contribution in [2.24, 2.45) is 0 Å². The summed E-state index contributed by atoms with van der Waals surface area (Å²) in [5, 5.41) is 15.3. The number of thioether (sulfide) groups is 1. The van der Waals surface area contributed by atoms with Crippen molar-refractivity contribution in [2.45, 2.75) is 62.4 Å². The minimum atomic E-state index is -0.223. The van der Waals surface area contributed by atoms with Crippen molar-refractivity contribution in [3.63, 3.8) is 0 Å². The van der Waals surface area contributed by atoms with E-state index >= 15 is 0 Å². The first-order valence-corrected chi connectivity index (χ1v) is 9.40. The van der Waals surface area contributed by atoms with Crippen LogP contribution in [-0.2, 0) is 11.2 Å². The molecule has 128 valence electrons. The predicted molar refractivity (Wildman–Crippen MR) is 94.2 cm³/mol. The fourth-order valence-electron chi connectivity index (χ4n) is 2.36. The number of aromatic nitrogens is 4. The average Bonchev–Trinajstić information content (AvgIpc) is 3.29. The predicted octanol–water partition coefficient (Wildman–Crippen LogP) is 2.76. The van der Waals surface area contributed by atoms with Crippen molar-refractivity contribution in [1.82, 2.24) is 25.5 Å². The molecule has 1 saturated carbocycles. The van der Waals surface area contributed by atoms with Crippen LogP contribution in [0, 0.1) is 0 Å². The quantitative estimate of drug-likeness (QED) is 0.745. The van der Waals surface area contributed by atoms with Crippen molar-refractivity contribution < 1.29 is 4.79 Å². The highest BCUT2D eigenvalue weighted by Crippen LogP contribution is 2.25. The maximum Gasteiger partial charge on any atom is 0.233 e. The van der Waals surface area contributed by atoms with Gasteiger partial charge in [-0.3, -0.25) is 4.79 Å². The molecule has 0 radical (unpaired) electrons. The maximum absolute atomic E-state index is 12.1. The van der Waals surface area contributed by atoms with Gasteiger partial charge in [0.25, 0.3) is 0 Å². The fourth-order valence-corrected chi connectivity index (χ4v) is 3.17. The molecule has 1 amide bonds. The minimum absolute atomic E-state index is 0.0481. The Kier molecular flexibility index (Phi) is 5.50. The first-order valence-electron chi connectivity index (χ1n) is 8.52. The normalized spacial score (nSPS) is 15.2. The summed E-state index contributed by atoms with van der Waals surface area (Å²) in [7, 11) is 0. The van der Waals surface area contributed by atoms with Crippen LogP contribution in [0.2, 0.25) is 0 Å². The molecule has 1 N–H and O–H groups in total. The number of hydrogen-bond donors (Lipinski definition) is 1. The van der Waals surface area contributed by atoms with Gasteiger partial charge in [-0.2, -0.15) is 4.68 Å². The lowest BCUT2D eigenvalue weighted by Gasteiger charge is -2.11. The molecule has 1 aromatic heterocycles. The number of amides is 1. The van der Waals surface area contributed by atoms with Gasteiger partial charge in [0.05, 0.1) is 10.9 Å². The smallest absolute Gasteiger partial charge is 0.233 e. The summed E-state index contributed by atoms with van der Waals surface area (Å²) >= 11 is 1.38. The van der Waals surface area contributed by atoms with Gasteiger partial charge in [-0.15, -0.1) is 5.10 Å². The molecule has 1 aliphatic carbocycles. The molecule has 1 aromatic carbocycles. The lowest BCUT2D eigenvalue weighted by atomic mass is 10.1. The maximum atomic E-state index is 12.1. The van der Waals surface area contributed by atoms with Gasteiger partial charge in [0, 0.05) is 6.04 Å². The van der Waals surface area contributed by atoms with Crippen molar-refractivity contribution in [3.05, 3.63) is 29.8 Å². The fraction of sp³-hybridized carbons (Fsp3) is 0.529. The zero-order chi connectivity index (χ0) is 16.9. The summed E-state index contributed by atoms with van der Waals surface area (Å²) in [5.74, 6) is 0.0481. The molecule has 6 nitrogen and oxygen atoms in total. The first kappa shape index (κ1) is 17.0. The molecule has 0 saturated heterocycles. The number of tetrazole rings is 1. The molecule has 0 unspecified atom stereocenters. The summed E-state index contributed by atoms with van der Waals surface area (Å²) in [6.45, 7) is 4.08. The van der Waals surface area contributed by atoms with E-state index in [-0.39, 0.29) is 11.2 Å². The van der Waals surface area contributed by atoms with Gasteiger partial charge in [-0.25, -0.2) is 0 Å². The summed E-state index contributed by atoms with van der Waals surface area (Å²) in [5.41, 5.74) is 2.23. The number of benzene rings is 1. The van der Waals surface area contributed by atoms with Gasteiger partial charge in [0.15, 0.2) is 0 Å². The van der Waals surface area contributed by atoms with E-state index in [2.05, 4.69) is 39.9 Å². The van der Waals surface area contributed by atoms with E-state index in [0.29, 0.717) is 11.2 Å². The molecule has 1 atom stereocenters. The highest BCUT2D eigenvalue weighted by Gasteiger charge is 2.27. The van der Waals surface area contributed by atoms with Crippen LogP contribution in [0.5, 0.6) is 0 Å². The van der Waals surface area contributed by atoms with Crippen LogP contribution in [0.25, 0.3) is 5.69 Å². The minimum Gasteiger partial charge on any atom is -0.352 e. The summed E-state index contributed by atoms with van der Waals surface area (Å²) in [6.07, 6.45) is 5.65. The summed E-state index contributed by atoms with van der Waals surface area (Å²) in [4.78, 5) is 12.1. The number of aryl methyl sites for hydroxylation is 1. The zero-order valence-corrected chi connectivity index (χ0v) is 14.9. The summed E-state index contributed by atoms with van der Waals surface area (Å²) < 4.78 is 1.69. The Hall–Kier alpha value is -1.89. The largest absolute Gasteiger partial charge is 0.352 e. The highest BCUT2D eigenvalue weighted by atomic mass is 32.2. The Bertz CT molecular complexity index is 681. The van der Waals surface area contributed by atoms with Crippen LogP contribution in [-0.4, -0.2) is 37.4 Å². The number of rotatable bonds is 8. The van der Waals surface area contributed by atoms with E-state index in [1.807, 2.05) is 19.1 Å². The van der Waals surface area contributed by atoms with E-state index in [0.717, 1.165) is 24.9 Å². The monoisotopic (exact) mass is 345 g/mol. The van der Waals surface area contributed by atoms with Crippen molar-refractivity contribution >= 4 is 17.7 Å². The second kappa shape index (κ2) is 7.79. The van der Waals surface area contributed by atoms with Crippen molar-refractivity contribution in [3.8, 4) is 5.69 Å². The van der Waals surface area contributed by atoms with Crippen LogP contribution in [0.3, 0.4) is 0 Å². The third kappa shape index (κ3) is 4.35. The number of unbranched alkanes of at least 4 members (excludes halogenated alkanes) is 1. The molecule has 7 heteroatoms. The molecule has 24 heavy (non-hydrogen) atoms. The Morgan fingerprint density at radius 3 is 2.79 bits per heavy atom. The highest BCUT2D eigenvalue weighted by molar-refractivity contribution is 8.00. The van der Waals surface area contributed by atoms with E-state index in [4.69, 9.17) is 0 Å². The van der Waals surface area contributed by atoms with Gasteiger partial charge in [0.2, 0.25) is 11.1 Å². The van der Waals surface area contributed by atoms with Gasteiger partial charge >= 0.3 is 0 Å². The Balaban J connectivity index is 1.66. The lowest BCUT2D eigenvalue weighted by molar-refractivity contribution is -0.120. The van der Waals surface area contributed by atoms with Crippen LogP contribution in [0.1, 0.15) is 45.1 Å². The third-order valence-electron chi connectivity index (χ3n) is 4.02. The van der Waals surface area contributed by atoms with Crippen molar-refractivity contribution in [2.75, 3.05) is 0 Å². The number of nitrogens with one attached hydrogen (secondary N) is 1. The lowest BCUT2D eigenvalue weighted by Crippen LogP contribution is -2.32. The average molecular weight is 345 g/mol. The molecule has 2 aromatic rings. The molecule has 3 rings (SSSR count). The Labute approximate surface area is 146 Å². The van der Waals surface area contributed by atoms with E-state index < -0.39 is 0 Å². The van der Waals surface area contributed by atoms with Crippen molar-refractivity contribution in [1.29, 1.82) is 0 Å². The second-order valence-corrected chi connectivity index (χ2v) is 7.49. The zero-order valence-electron chi connectivity index (χ0n) is 14.1. The van der Waals surface area contributed by atoms with Gasteiger partial charge < -0.3 is 5.32 Å². The molecular formula is C17H23N5OS. The standard InChI is InChI=1S/C17H23N5OS/c1-3-4-5-13-6-10-15(11-7-13)22-17(19-20-21-22)24-12(2)16(23)18-14-8-9-14/h6-7,10-12,14H,3-5,8-9H2,1-2H3,(H,18,23)/t12-/m0/s1. The number of carbonyl (C=O) groups is 1. The number of nitrogens with zero attached hydrogens (tertiary/aromatic N) is 4. The first-order chi connectivity index (χ1) is 11.7. The molecule has 0 spiro atoms. The SMILES string of the molecule is CCCCc1ccc(-n2nnnc2S[C@@H](C)C(=O)NC2CC2)cc1. The van der Waals surface area contributed by atoms with Crippen LogP contribution in [0.15, 0.2) is 29.4 Å². The topological polar surface area (TPSA) is 72.7 Å². The number of hydrogen-bond acceptors (Lipinski definition) is 5. The summed E-state index contributed by atoms with van der Waals surface area (Å²) in [6, 6.07) is 8.65. The Morgan fingerprint density at radius 2 is 2.12 bits per heavy atom. The van der Waals surface area contributed by atoms with Crippen LogP contribution in [0.4, 0.5) is 0 Å².